The van der Waals surface area contributed by atoms with Crippen LogP contribution in [-0.4, -0.2) is 11.5 Å². The number of anilines is 1. The molecule has 3 nitrogen and oxygen atoms in total. The molecular weight excluding hydrogens is 306 g/mol. The molecule has 2 fully saturated rings. The minimum atomic E-state index is 0.661. The molecule has 0 bridgehead atoms. The van der Waals surface area contributed by atoms with E-state index in [1.54, 1.807) is 0 Å². The van der Waals surface area contributed by atoms with E-state index >= 15 is 0 Å². The number of pyridine rings is 1. The summed E-state index contributed by atoms with van der Waals surface area (Å²) < 4.78 is 0. The molecule has 3 aliphatic rings. The Kier molecular flexibility index (Phi) is 5.03. The van der Waals surface area contributed by atoms with Crippen molar-refractivity contribution in [1.29, 1.82) is 0 Å². The van der Waals surface area contributed by atoms with E-state index in [0.717, 1.165) is 41.1 Å². The second-order valence-corrected chi connectivity index (χ2v) is 6.99. The number of nitrogens with zero attached hydrogens (tertiary/aromatic N) is 2. The number of nitrogens with one attached hydrogen (secondary N) is 1. The number of hydrogen-bond donors (Lipinski definition) is 1. The first-order chi connectivity index (χ1) is 12.1. The van der Waals surface area contributed by atoms with Crippen molar-refractivity contribution < 1.29 is 0 Å². The Balaban J connectivity index is 0.000000150. The highest BCUT2D eigenvalue weighted by Gasteiger charge is 2.70. The number of fused-ring (bicyclic) bond motifs is 2. The molecule has 0 unspecified atom stereocenters. The Bertz CT molecular complexity index is 852. The summed E-state index contributed by atoms with van der Waals surface area (Å²) in [6.07, 6.45) is 14.4. The molecule has 0 atom stereocenters. The summed E-state index contributed by atoms with van der Waals surface area (Å²) in [6, 6.07) is 3.99. The van der Waals surface area contributed by atoms with Gasteiger partial charge in [-0.25, -0.2) is 4.98 Å². The van der Waals surface area contributed by atoms with Gasteiger partial charge in [0.15, 0.2) is 5.49 Å². The van der Waals surface area contributed by atoms with Crippen LogP contribution in [0.3, 0.4) is 0 Å². The van der Waals surface area contributed by atoms with Gasteiger partial charge in [0.25, 0.3) is 0 Å². The van der Waals surface area contributed by atoms with E-state index in [-0.39, 0.29) is 0 Å². The molecule has 0 amide bonds. The molecule has 0 spiro atoms. The second kappa shape index (κ2) is 7.22. The zero-order chi connectivity index (χ0) is 17.9. The first-order valence-corrected chi connectivity index (χ1v) is 8.99. The average Bonchev–Trinajstić information content (AvgIpc) is 3.46. The minimum Gasteiger partial charge on any atom is -0.345 e. The molecule has 1 aromatic heterocycles. The third-order valence-corrected chi connectivity index (χ3v) is 4.98. The SMILES string of the molecule is C=C(C)Nc1ccc2c(n1)=NCCC=2.C=C/C=C\C(=C/C)C12CC1C2. The quantitative estimate of drug-likeness (QED) is 0.829. The van der Waals surface area contributed by atoms with Gasteiger partial charge in [0.05, 0.1) is 0 Å². The van der Waals surface area contributed by atoms with Crippen LogP contribution >= 0.6 is 0 Å². The zero-order valence-corrected chi connectivity index (χ0v) is 15.3. The van der Waals surface area contributed by atoms with Crippen molar-refractivity contribution in [2.75, 3.05) is 11.9 Å². The lowest BCUT2D eigenvalue weighted by molar-refractivity contribution is 0.767. The summed E-state index contributed by atoms with van der Waals surface area (Å²) in [5.74, 6) is 1.86. The largest absolute Gasteiger partial charge is 0.345 e. The summed E-state index contributed by atoms with van der Waals surface area (Å²) in [6.45, 7) is 12.3. The van der Waals surface area contributed by atoms with Gasteiger partial charge in [0.1, 0.15) is 5.82 Å². The van der Waals surface area contributed by atoms with Gasteiger partial charge in [-0.1, -0.05) is 43.5 Å². The van der Waals surface area contributed by atoms with E-state index in [0.29, 0.717) is 5.41 Å². The number of rotatable bonds is 5. The third kappa shape index (κ3) is 3.98. The summed E-state index contributed by atoms with van der Waals surface area (Å²) >= 11 is 0. The van der Waals surface area contributed by atoms with Crippen molar-refractivity contribution in [2.45, 2.75) is 33.1 Å². The summed E-state index contributed by atoms with van der Waals surface area (Å²) in [5, 5.41) is 4.20. The van der Waals surface area contributed by atoms with Gasteiger partial charge in [0.2, 0.25) is 0 Å². The van der Waals surface area contributed by atoms with Crippen molar-refractivity contribution in [3.8, 4) is 0 Å². The fourth-order valence-electron chi connectivity index (χ4n) is 3.32. The molecule has 1 aliphatic heterocycles. The van der Waals surface area contributed by atoms with Crippen molar-refractivity contribution in [1.82, 2.24) is 4.98 Å². The molecule has 25 heavy (non-hydrogen) atoms. The smallest absolute Gasteiger partial charge is 0.156 e. The third-order valence-electron chi connectivity index (χ3n) is 4.98. The molecule has 3 heteroatoms. The van der Waals surface area contributed by atoms with Crippen LogP contribution in [0.1, 0.15) is 33.1 Å². The molecule has 1 N–H and O–H groups in total. The molecule has 4 rings (SSSR count). The van der Waals surface area contributed by atoms with E-state index in [2.05, 4.69) is 53.6 Å². The summed E-state index contributed by atoms with van der Waals surface area (Å²) in [7, 11) is 0. The van der Waals surface area contributed by atoms with Crippen LogP contribution < -0.4 is 16.0 Å². The van der Waals surface area contributed by atoms with Gasteiger partial charge in [-0.3, -0.25) is 4.99 Å². The maximum Gasteiger partial charge on any atom is 0.156 e. The van der Waals surface area contributed by atoms with E-state index in [4.69, 9.17) is 0 Å². The highest BCUT2D eigenvalue weighted by Crippen LogP contribution is 2.79. The lowest BCUT2D eigenvalue weighted by Gasteiger charge is -2.04. The van der Waals surface area contributed by atoms with Gasteiger partial charge < -0.3 is 5.32 Å². The fourth-order valence-corrected chi connectivity index (χ4v) is 3.32. The molecule has 130 valence electrons. The van der Waals surface area contributed by atoms with Crippen molar-refractivity contribution >= 4 is 11.9 Å². The molecular formula is C22H27N3. The molecule has 2 saturated carbocycles. The van der Waals surface area contributed by atoms with Crippen molar-refractivity contribution in [3.63, 3.8) is 0 Å². The van der Waals surface area contributed by atoms with Crippen LogP contribution in [0.2, 0.25) is 0 Å². The zero-order valence-electron chi connectivity index (χ0n) is 15.3. The normalized spacial score (nSPS) is 25.4. The Morgan fingerprint density at radius 2 is 2.12 bits per heavy atom. The topological polar surface area (TPSA) is 37.3 Å². The highest BCUT2D eigenvalue weighted by atomic mass is 15.0. The van der Waals surface area contributed by atoms with Gasteiger partial charge in [-0.05, 0) is 62.1 Å². The van der Waals surface area contributed by atoms with Crippen LogP contribution in [0.5, 0.6) is 0 Å². The monoisotopic (exact) mass is 333 g/mol. The maximum atomic E-state index is 4.38. The Hall–Kier alpha value is -2.42. The lowest BCUT2D eigenvalue weighted by atomic mass is 10.0. The molecule has 2 aliphatic carbocycles. The number of aromatic nitrogens is 1. The molecule has 0 saturated heterocycles. The van der Waals surface area contributed by atoms with E-state index in [9.17, 15) is 0 Å². The van der Waals surface area contributed by atoms with Gasteiger partial charge in [-0.2, -0.15) is 0 Å². The van der Waals surface area contributed by atoms with Crippen LogP contribution in [0.15, 0.2) is 65.9 Å². The Labute approximate surface area is 150 Å². The standard InChI is InChI=1S/C11H13N3.C11H14/c1-8(2)13-10-6-5-9-4-3-7-12-11(9)14-10;1-3-5-6-9(4-2)11-7-10(11)8-11/h4-6H,1,3,7H2,2H3,(H,12,13,14);3-6,10H,1,7-8H2,2H3/b;6-5-,9-4+. The predicted octanol–water partition coefficient (Wildman–Crippen LogP) is 3.92. The van der Waals surface area contributed by atoms with Crippen molar-refractivity contribution in [3.05, 3.63) is 71.6 Å². The van der Waals surface area contributed by atoms with Crippen molar-refractivity contribution in [2.24, 2.45) is 16.3 Å². The Morgan fingerprint density at radius 1 is 1.36 bits per heavy atom. The van der Waals surface area contributed by atoms with Crippen LogP contribution in [-0.2, 0) is 0 Å². The number of allylic oxidation sites excluding steroid dienone is 6. The molecule has 1 aromatic rings. The van der Waals surface area contributed by atoms with Crippen LogP contribution in [0.25, 0.3) is 6.08 Å². The molecule has 0 aromatic carbocycles. The molecule has 0 radical (unpaired) electrons. The lowest BCUT2D eigenvalue weighted by Crippen LogP contribution is -2.31. The molecule has 2 heterocycles. The second-order valence-electron chi connectivity index (χ2n) is 6.99. The predicted molar refractivity (Wildman–Crippen MR) is 106 cm³/mol. The summed E-state index contributed by atoms with van der Waals surface area (Å²) in [5.41, 5.74) is 3.91. The highest BCUT2D eigenvalue weighted by molar-refractivity contribution is 5.43. The maximum absolute atomic E-state index is 4.38. The van der Waals surface area contributed by atoms with E-state index in [1.807, 2.05) is 31.2 Å². The average molecular weight is 333 g/mol. The van der Waals surface area contributed by atoms with Crippen LogP contribution in [0.4, 0.5) is 5.82 Å². The fraction of sp³-hybridized carbons (Fsp3) is 0.364. The first-order valence-electron chi connectivity index (χ1n) is 8.99. The minimum absolute atomic E-state index is 0.661. The van der Waals surface area contributed by atoms with Gasteiger partial charge >= 0.3 is 0 Å². The van der Waals surface area contributed by atoms with Gasteiger partial charge in [-0.15, -0.1) is 0 Å². The van der Waals surface area contributed by atoms with Crippen LogP contribution in [0, 0.1) is 11.3 Å². The van der Waals surface area contributed by atoms with Gasteiger partial charge in [0, 0.05) is 17.5 Å². The number of hydrogen-bond acceptors (Lipinski definition) is 3. The summed E-state index contributed by atoms with van der Waals surface area (Å²) in [4.78, 5) is 8.73. The van der Waals surface area contributed by atoms with E-state index in [1.165, 1.54) is 18.4 Å². The van der Waals surface area contributed by atoms with E-state index < -0.39 is 0 Å². The Morgan fingerprint density at radius 3 is 2.72 bits per heavy atom. The first kappa shape index (κ1) is 17.4.